The Morgan fingerprint density at radius 3 is 2.31 bits per heavy atom. The van der Waals surface area contributed by atoms with E-state index in [0.29, 0.717) is 11.5 Å². The van der Waals surface area contributed by atoms with Crippen molar-refractivity contribution in [1.29, 1.82) is 0 Å². The molecule has 0 fully saturated rings. The van der Waals surface area contributed by atoms with Crippen LogP contribution in [0.2, 0.25) is 0 Å². The zero-order valence-electron chi connectivity index (χ0n) is 9.77. The lowest BCUT2D eigenvalue weighted by molar-refractivity contribution is 0.589. The quantitative estimate of drug-likeness (QED) is 0.593. The zero-order chi connectivity index (χ0) is 12.5. The summed E-state index contributed by atoms with van der Waals surface area (Å²) in [4.78, 5) is 8.25. The second kappa shape index (κ2) is 4.34. The van der Waals surface area contributed by atoms with Gasteiger partial charge in [0, 0.05) is 17.5 Å². The van der Waals surface area contributed by atoms with Crippen molar-refractivity contribution >= 4 is 15.7 Å². The molecule has 6 nitrogen and oxygen atoms in total. The highest BCUT2D eigenvalue weighted by Gasteiger charge is 2.21. The van der Waals surface area contributed by atoms with Crippen molar-refractivity contribution in [3.63, 3.8) is 0 Å². The predicted octanol–water partition coefficient (Wildman–Crippen LogP) is 0.485. The van der Waals surface area contributed by atoms with Gasteiger partial charge in [-0.05, 0) is 20.8 Å². The van der Waals surface area contributed by atoms with Crippen LogP contribution in [0.25, 0.3) is 0 Å². The Bertz CT molecular complexity index is 498. The summed E-state index contributed by atoms with van der Waals surface area (Å²) < 4.78 is 22.8. The molecule has 1 heterocycles. The zero-order valence-corrected chi connectivity index (χ0v) is 10.6. The standard InChI is InChI=1S/C9H16N4O2S/c1-5-6(2)11-9(12-8(5)13-10)7(3)16(4,14)15/h7H,10H2,1-4H3,(H,11,12,13). The number of rotatable bonds is 3. The highest BCUT2D eigenvalue weighted by Crippen LogP contribution is 2.21. The number of hydrazine groups is 1. The Balaban J connectivity index is 3.32. The van der Waals surface area contributed by atoms with E-state index in [4.69, 9.17) is 5.84 Å². The number of nitrogens with two attached hydrogens (primary N) is 1. The van der Waals surface area contributed by atoms with Crippen molar-refractivity contribution in [2.24, 2.45) is 5.84 Å². The summed E-state index contributed by atoms with van der Waals surface area (Å²) >= 11 is 0. The highest BCUT2D eigenvalue weighted by atomic mass is 32.2. The van der Waals surface area contributed by atoms with Crippen LogP contribution in [0, 0.1) is 13.8 Å². The monoisotopic (exact) mass is 244 g/mol. The van der Waals surface area contributed by atoms with Crippen LogP contribution in [-0.4, -0.2) is 24.6 Å². The average molecular weight is 244 g/mol. The van der Waals surface area contributed by atoms with Crippen LogP contribution in [0.1, 0.15) is 29.3 Å². The van der Waals surface area contributed by atoms with Crippen LogP contribution in [0.15, 0.2) is 0 Å². The molecule has 90 valence electrons. The topological polar surface area (TPSA) is 98.0 Å². The molecule has 0 aliphatic carbocycles. The first kappa shape index (κ1) is 12.9. The van der Waals surface area contributed by atoms with E-state index in [1.54, 1.807) is 13.8 Å². The summed E-state index contributed by atoms with van der Waals surface area (Å²) in [5.74, 6) is 6.03. The van der Waals surface area contributed by atoms with Gasteiger partial charge in [0.15, 0.2) is 9.84 Å². The fourth-order valence-corrected chi connectivity index (χ4v) is 1.65. The van der Waals surface area contributed by atoms with Crippen LogP contribution in [-0.2, 0) is 9.84 Å². The van der Waals surface area contributed by atoms with Crippen molar-refractivity contribution < 1.29 is 8.42 Å². The number of hydrogen-bond donors (Lipinski definition) is 2. The van der Waals surface area contributed by atoms with Crippen molar-refractivity contribution in [3.05, 3.63) is 17.1 Å². The van der Waals surface area contributed by atoms with Gasteiger partial charge in [-0.2, -0.15) is 0 Å². The number of hydrogen-bond acceptors (Lipinski definition) is 6. The highest BCUT2D eigenvalue weighted by molar-refractivity contribution is 7.90. The number of anilines is 1. The molecule has 0 radical (unpaired) electrons. The van der Waals surface area contributed by atoms with E-state index >= 15 is 0 Å². The number of nitrogens with zero attached hydrogens (tertiary/aromatic N) is 2. The molecule has 0 saturated heterocycles. The Labute approximate surface area is 95.2 Å². The molecule has 0 spiro atoms. The molecule has 0 aromatic carbocycles. The van der Waals surface area contributed by atoms with Crippen LogP contribution in [0.4, 0.5) is 5.82 Å². The van der Waals surface area contributed by atoms with Gasteiger partial charge in [0.25, 0.3) is 0 Å². The van der Waals surface area contributed by atoms with E-state index in [9.17, 15) is 8.42 Å². The van der Waals surface area contributed by atoms with E-state index in [-0.39, 0.29) is 5.82 Å². The molecular formula is C9H16N4O2S. The molecule has 1 unspecified atom stereocenters. The number of aromatic nitrogens is 2. The van der Waals surface area contributed by atoms with Crippen molar-refractivity contribution in [2.45, 2.75) is 26.0 Å². The lowest BCUT2D eigenvalue weighted by Crippen LogP contribution is -2.17. The van der Waals surface area contributed by atoms with Gasteiger partial charge in [-0.1, -0.05) is 0 Å². The minimum atomic E-state index is -3.20. The third-order valence-electron chi connectivity index (χ3n) is 2.55. The maximum absolute atomic E-state index is 11.4. The molecule has 16 heavy (non-hydrogen) atoms. The molecule has 1 aromatic heterocycles. The van der Waals surface area contributed by atoms with Gasteiger partial charge in [0.05, 0.1) is 0 Å². The summed E-state index contributed by atoms with van der Waals surface area (Å²) in [6.07, 6.45) is 1.16. The molecule has 1 atom stereocenters. The smallest absolute Gasteiger partial charge is 0.157 e. The Kier molecular flexibility index (Phi) is 3.49. The van der Waals surface area contributed by atoms with Crippen LogP contribution < -0.4 is 11.3 Å². The first-order chi connectivity index (χ1) is 7.27. The fraction of sp³-hybridized carbons (Fsp3) is 0.556. The van der Waals surface area contributed by atoms with E-state index in [2.05, 4.69) is 15.4 Å². The maximum Gasteiger partial charge on any atom is 0.157 e. The molecule has 3 N–H and O–H groups in total. The van der Waals surface area contributed by atoms with Gasteiger partial charge in [0.2, 0.25) is 0 Å². The van der Waals surface area contributed by atoms with Crippen molar-refractivity contribution in [3.8, 4) is 0 Å². The van der Waals surface area contributed by atoms with Gasteiger partial charge in [-0.3, -0.25) is 0 Å². The molecule has 1 aromatic rings. The second-order valence-corrected chi connectivity index (χ2v) is 6.12. The summed E-state index contributed by atoms with van der Waals surface area (Å²) in [6.45, 7) is 5.16. The van der Waals surface area contributed by atoms with Gasteiger partial charge in [-0.25, -0.2) is 24.2 Å². The second-order valence-electron chi connectivity index (χ2n) is 3.76. The van der Waals surface area contributed by atoms with Gasteiger partial charge < -0.3 is 5.43 Å². The number of nitrogens with one attached hydrogen (secondary N) is 1. The molecule has 0 aliphatic rings. The van der Waals surface area contributed by atoms with Crippen molar-refractivity contribution in [2.75, 3.05) is 11.7 Å². The summed E-state index contributed by atoms with van der Waals surface area (Å²) in [5, 5.41) is -0.737. The molecule has 0 saturated carbocycles. The van der Waals surface area contributed by atoms with E-state index < -0.39 is 15.1 Å². The first-order valence-electron chi connectivity index (χ1n) is 4.78. The molecule has 1 rings (SSSR count). The van der Waals surface area contributed by atoms with Crippen molar-refractivity contribution in [1.82, 2.24) is 9.97 Å². The first-order valence-corrected chi connectivity index (χ1v) is 6.73. The third kappa shape index (κ3) is 2.48. The van der Waals surface area contributed by atoms with Crippen LogP contribution >= 0.6 is 0 Å². The van der Waals surface area contributed by atoms with E-state index in [1.807, 2.05) is 6.92 Å². The van der Waals surface area contributed by atoms with Crippen LogP contribution in [0.5, 0.6) is 0 Å². The molecule has 7 heteroatoms. The predicted molar refractivity (Wildman–Crippen MR) is 62.6 cm³/mol. The maximum atomic E-state index is 11.4. The Hall–Kier alpha value is -1.21. The normalized spacial score (nSPS) is 13.6. The Morgan fingerprint density at radius 1 is 1.31 bits per heavy atom. The summed E-state index contributed by atoms with van der Waals surface area (Å²) in [6, 6.07) is 0. The average Bonchev–Trinajstić information content (AvgIpc) is 2.19. The summed E-state index contributed by atoms with van der Waals surface area (Å²) in [5.41, 5.74) is 3.97. The fourth-order valence-electron chi connectivity index (χ4n) is 1.16. The lowest BCUT2D eigenvalue weighted by Gasteiger charge is -2.12. The minimum absolute atomic E-state index is 0.263. The van der Waals surface area contributed by atoms with E-state index in [1.165, 1.54) is 0 Å². The SMILES string of the molecule is Cc1nc(C(C)S(C)(=O)=O)nc(NN)c1C. The molecule has 0 aliphatic heterocycles. The van der Waals surface area contributed by atoms with Gasteiger partial charge in [-0.15, -0.1) is 0 Å². The molecule has 0 bridgehead atoms. The third-order valence-corrected chi connectivity index (χ3v) is 4.04. The lowest BCUT2D eigenvalue weighted by atomic mass is 10.2. The van der Waals surface area contributed by atoms with Gasteiger partial charge in [0.1, 0.15) is 16.9 Å². The largest absolute Gasteiger partial charge is 0.308 e. The number of nitrogen functional groups attached to an aromatic ring is 1. The number of aryl methyl sites for hydroxylation is 1. The van der Waals surface area contributed by atoms with E-state index in [0.717, 1.165) is 11.8 Å². The summed E-state index contributed by atoms with van der Waals surface area (Å²) in [7, 11) is -3.20. The van der Waals surface area contributed by atoms with Crippen LogP contribution in [0.3, 0.4) is 0 Å². The van der Waals surface area contributed by atoms with Gasteiger partial charge >= 0.3 is 0 Å². The molecular weight excluding hydrogens is 228 g/mol. The molecule has 0 amide bonds. The number of sulfone groups is 1. The Morgan fingerprint density at radius 2 is 1.88 bits per heavy atom. The minimum Gasteiger partial charge on any atom is -0.308 e.